The number of nitrogens with zero attached hydrogens (tertiary/aromatic N) is 7. The van der Waals surface area contributed by atoms with Gasteiger partial charge in [0.25, 0.3) is 5.91 Å². The lowest BCUT2D eigenvalue weighted by Gasteiger charge is -2.43. The summed E-state index contributed by atoms with van der Waals surface area (Å²) in [6.45, 7) is 4.81. The zero-order chi connectivity index (χ0) is 31.3. The van der Waals surface area contributed by atoms with Crippen LogP contribution in [-0.2, 0) is 9.53 Å². The van der Waals surface area contributed by atoms with Crippen molar-refractivity contribution in [1.29, 1.82) is 5.26 Å². The molecule has 0 bridgehead atoms. The van der Waals surface area contributed by atoms with Gasteiger partial charge >= 0.3 is 0 Å². The van der Waals surface area contributed by atoms with Gasteiger partial charge in [0.2, 0.25) is 5.95 Å². The molecule has 3 fully saturated rings. The molecule has 236 valence electrons. The predicted octanol–water partition coefficient (Wildman–Crippen LogP) is 1.35. The molecule has 2 unspecified atom stereocenters. The molecule has 3 atom stereocenters. The van der Waals surface area contributed by atoms with E-state index in [1.165, 1.54) is 6.33 Å². The number of anilines is 3. The number of aliphatic hydroxyl groups excluding tert-OH is 2. The number of piperazine rings is 1. The third-order valence-corrected chi connectivity index (χ3v) is 8.40. The quantitative estimate of drug-likeness (QED) is 0.316. The van der Waals surface area contributed by atoms with E-state index in [-0.39, 0.29) is 30.8 Å². The first-order chi connectivity index (χ1) is 21.9. The maximum Gasteiger partial charge on any atom is 0.253 e. The number of carbonyl (C=O) groups is 1. The normalized spacial score (nSPS) is 21.5. The minimum absolute atomic E-state index is 0.151. The lowest BCUT2D eigenvalue weighted by atomic mass is 10.0. The molecule has 3 aliphatic heterocycles. The monoisotopic (exact) mass is 618 g/mol. The van der Waals surface area contributed by atoms with E-state index in [9.17, 15) is 19.6 Å². The molecule has 3 N–H and O–H groups in total. The topological polar surface area (TPSA) is 160 Å². The van der Waals surface area contributed by atoms with Crippen molar-refractivity contribution < 1.29 is 28.9 Å². The zero-order valence-corrected chi connectivity index (χ0v) is 24.6. The summed E-state index contributed by atoms with van der Waals surface area (Å²) in [4.78, 5) is 31.2. The van der Waals surface area contributed by atoms with Gasteiger partial charge in [0.1, 0.15) is 24.3 Å². The van der Waals surface area contributed by atoms with E-state index in [4.69, 9.17) is 14.6 Å². The van der Waals surface area contributed by atoms with Gasteiger partial charge < -0.3 is 34.8 Å². The van der Waals surface area contributed by atoms with E-state index < -0.39 is 30.9 Å². The number of nitrogens with one attached hydrogen (secondary N) is 1. The SMILES string of the molecule is N#Cc1cc(-c2ncnc(Nc3ccc(N4CCN(C5COC5)CC4)cc3)n2)ccc1OC1CCN(C(=O)C(O)CO)C[C@H]1F. The van der Waals surface area contributed by atoms with Gasteiger partial charge in [-0.1, -0.05) is 0 Å². The van der Waals surface area contributed by atoms with Gasteiger partial charge in [-0.2, -0.15) is 10.2 Å². The van der Waals surface area contributed by atoms with Gasteiger partial charge in [0.05, 0.1) is 38.0 Å². The third-order valence-electron chi connectivity index (χ3n) is 8.40. The molecule has 1 amide bonds. The Hall–Kier alpha value is -4.42. The maximum atomic E-state index is 14.9. The third kappa shape index (κ3) is 6.97. The number of rotatable bonds is 9. The number of nitriles is 1. The number of ether oxygens (including phenoxy) is 2. The minimum atomic E-state index is -1.58. The summed E-state index contributed by atoms with van der Waals surface area (Å²) in [5.41, 5.74) is 2.72. The Balaban J connectivity index is 1.07. The molecular weight excluding hydrogens is 583 g/mol. The molecule has 45 heavy (non-hydrogen) atoms. The number of benzene rings is 2. The molecule has 0 aliphatic carbocycles. The summed E-state index contributed by atoms with van der Waals surface area (Å²) in [6, 6.07) is 15.6. The Morgan fingerprint density at radius 3 is 2.58 bits per heavy atom. The van der Waals surface area contributed by atoms with Crippen LogP contribution in [-0.4, -0.2) is 124 Å². The highest BCUT2D eigenvalue weighted by Crippen LogP contribution is 2.29. The summed E-state index contributed by atoms with van der Waals surface area (Å²) in [6.07, 6.45) is -2.45. The minimum Gasteiger partial charge on any atom is -0.486 e. The molecule has 2 aromatic carbocycles. The van der Waals surface area contributed by atoms with Crippen LogP contribution in [0.25, 0.3) is 11.4 Å². The van der Waals surface area contributed by atoms with Crippen LogP contribution in [0.5, 0.6) is 5.75 Å². The first-order valence-electron chi connectivity index (χ1n) is 15.0. The fraction of sp³-hybridized carbons (Fsp3) is 0.452. The van der Waals surface area contributed by atoms with Crippen molar-refractivity contribution in [3.05, 3.63) is 54.4 Å². The van der Waals surface area contributed by atoms with E-state index >= 15 is 0 Å². The standard InChI is InChI=1S/C31H35FN8O5/c32-25-15-40(30(43)26(42)16-41)8-7-28(25)45-27-6-1-20(13-21(27)14-33)29-34-19-35-31(37-29)36-22-2-4-23(5-3-22)38-9-11-39(12-10-38)24-17-44-18-24/h1-6,13,19,24-26,28,41-42H,7-12,15-18H2,(H,34,35,36,37)/t25-,26?,28?/m1/s1. The van der Waals surface area contributed by atoms with Gasteiger partial charge in [-0.3, -0.25) is 9.69 Å². The molecule has 3 aliphatic rings. The van der Waals surface area contributed by atoms with E-state index in [2.05, 4.69) is 48.3 Å². The summed E-state index contributed by atoms with van der Waals surface area (Å²) in [7, 11) is 0. The highest BCUT2D eigenvalue weighted by molar-refractivity contribution is 5.81. The van der Waals surface area contributed by atoms with Crippen LogP contribution in [0.3, 0.4) is 0 Å². The number of hydrogen-bond donors (Lipinski definition) is 3. The van der Waals surface area contributed by atoms with Crippen LogP contribution in [0, 0.1) is 11.3 Å². The second kappa shape index (κ2) is 13.7. The van der Waals surface area contributed by atoms with Gasteiger partial charge in [-0.15, -0.1) is 0 Å². The average Bonchev–Trinajstić information content (AvgIpc) is 3.05. The second-order valence-corrected chi connectivity index (χ2v) is 11.3. The summed E-state index contributed by atoms with van der Waals surface area (Å²) < 4.78 is 26.1. The van der Waals surface area contributed by atoms with Crippen molar-refractivity contribution in [3.8, 4) is 23.2 Å². The number of alkyl halides is 1. The zero-order valence-electron chi connectivity index (χ0n) is 24.6. The van der Waals surface area contributed by atoms with Crippen LogP contribution < -0.4 is 15.0 Å². The number of carbonyl (C=O) groups excluding carboxylic acids is 1. The molecule has 0 radical (unpaired) electrons. The summed E-state index contributed by atoms with van der Waals surface area (Å²) in [5.74, 6) is 0.166. The molecular formula is C31H35FN8O5. The summed E-state index contributed by atoms with van der Waals surface area (Å²) in [5, 5.41) is 31.6. The molecule has 0 spiro atoms. The number of piperidine rings is 1. The maximum absolute atomic E-state index is 14.9. The van der Waals surface area contributed by atoms with E-state index in [0.29, 0.717) is 23.4 Å². The highest BCUT2D eigenvalue weighted by atomic mass is 19.1. The van der Waals surface area contributed by atoms with Gasteiger partial charge in [-0.05, 0) is 42.5 Å². The molecule has 14 heteroatoms. The second-order valence-electron chi connectivity index (χ2n) is 11.3. The molecule has 0 saturated carbocycles. The number of likely N-dealkylation sites (tertiary alicyclic amines) is 1. The predicted molar refractivity (Wildman–Crippen MR) is 162 cm³/mol. The largest absolute Gasteiger partial charge is 0.486 e. The molecule has 1 aromatic heterocycles. The van der Waals surface area contributed by atoms with Gasteiger partial charge in [0, 0.05) is 56.1 Å². The van der Waals surface area contributed by atoms with E-state index in [1.54, 1.807) is 18.2 Å². The van der Waals surface area contributed by atoms with Gasteiger partial charge in [-0.25, -0.2) is 14.4 Å². The van der Waals surface area contributed by atoms with Crippen molar-refractivity contribution in [2.24, 2.45) is 0 Å². The van der Waals surface area contributed by atoms with Gasteiger partial charge in [0.15, 0.2) is 18.1 Å². The molecule has 3 aromatic rings. The number of aliphatic hydroxyl groups is 2. The van der Waals surface area contributed by atoms with Crippen molar-refractivity contribution >= 4 is 23.2 Å². The molecule has 4 heterocycles. The fourth-order valence-electron chi connectivity index (χ4n) is 5.69. The number of aromatic nitrogens is 3. The van der Waals surface area contributed by atoms with Crippen molar-refractivity contribution in [3.63, 3.8) is 0 Å². The van der Waals surface area contributed by atoms with Crippen molar-refractivity contribution in [2.75, 3.05) is 69.3 Å². The lowest BCUT2D eigenvalue weighted by molar-refractivity contribution is -0.146. The van der Waals surface area contributed by atoms with Crippen molar-refractivity contribution in [2.45, 2.75) is 30.8 Å². The van der Waals surface area contributed by atoms with Crippen LogP contribution in [0.4, 0.5) is 21.7 Å². The summed E-state index contributed by atoms with van der Waals surface area (Å²) >= 11 is 0. The van der Waals surface area contributed by atoms with E-state index in [0.717, 1.165) is 55.7 Å². The number of amides is 1. The molecule has 6 rings (SSSR count). The average molecular weight is 619 g/mol. The smallest absolute Gasteiger partial charge is 0.253 e. The number of hydrogen-bond acceptors (Lipinski definition) is 12. The molecule has 13 nitrogen and oxygen atoms in total. The Labute approximate surface area is 259 Å². The Morgan fingerprint density at radius 1 is 1.13 bits per heavy atom. The molecule has 3 saturated heterocycles. The van der Waals surface area contributed by atoms with Crippen LogP contribution >= 0.6 is 0 Å². The Bertz CT molecular complexity index is 1530. The Kier molecular flexibility index (Phi) is 9.31. The fourth-order valence-corrected chi connectivity index (χ4v) is 5.69. The lowest BCUT2D eigenvalue weighted by Crippen LogP contribution is -2.56. The first kappa shape index (κ1) is 30.6. The Morgan fingerprint density at radius 2 is 1.91 bits per heavy atom. The number of halogens is 1. The van der Waals surface area contributed by atoms with Crippen molar-refractivity contribution in [1.82, 2.24) is 24.8 Å². The van der Waals surface area contributed by atoms with Crippen LogP contribution in [0.15, 0.2) is 48.8 Å². The first-order valence-corrected chi connectivity index (χ1v) is 15.0. The highest BCUT2D eigenvalue weighted by Gasteiger charge is 2.35. The van der Waals surface area contributed by atoms with Crippen LogP contribution in [0.2, 0.25) is 0 Å². The van der Waals surface area contributed by atoms with Crippen LogP contribution in [0.1, 0.15) is 12.0 Å². The van der Waals surface area contributed by atoms with E-state index in [1.807, 2.05) is 12.1 Å².